The van der Waals surface area contributed by atoms with Crippen molar-refractivity contribution in [2.24, 2.45) is 5.41 Å². The van der Waals surface area contributed by atoms with Crippen LogP contribution in [0, 0.1) is 5.41 Å². The zero-order valence-corrected chi connectivity index (χ0v) is 15.7. The highest BCUT2D eigenvalue weighted by molar-refractivity contribution is 6.01. The third-order valence-electron chi connectivity index (χ3n) is 6.17. The molecule has 2 aromatic rings. The van der Waals surface area contributed by atoms with Gasteiger partial charge in [0.25, 0.3) is 0 Å². The molecule has 3 N–H and O–H groups in total. The Kier molecular flexibility index (Phi) is 4.28. The number of aliphatic hydroxyl groups is 1. The zero-order chi connectivity index (χ0) is 19.2. The third kappa shape index (κ3) is 3.03. The quantitative estimate of drug-likeness (QED) is 0.706. The van der Waals surface area contributed by atoms with Gasteiger partial charge in [0.1, 0.15) is 0 Å². The summed E-state index contributed by atoms with van der Waals surface area (Å²) in [6.07, 6.45) is 3.20. The summed E-state index contributed by atoms with van der Waals surface area (Å²) in [7, 11) is 0. The zero-order valence-electron chi connectivity index (χ0n) is 15.7. The number of nitrogens with one attached hydrogen (secondary N) is 2. The number of carbonyl (C=O) groups excluding carboxylic acids is 2. The molecule has 6 nitrogen and oxygen atoms in total. The number of aromatic nitrogens is 1. The smallest absolute Gasteiger partial charge is 0.234 e. The molecule has 0 aliphatic carbocycles. The molecule has 27 heavy (non-hydrogen) atoms. The van der Waals surface area contributed by atoms with Crippen molar-refractivity contribution in [3.63, 3.8) is 0 Å². The minimum Gasteiger partial charge on any atom is -0.385 e. The van der Waals surface area contributed by atoms with Crippen LogP contribution in [0.15, 0.2) is 30.5 Å². The van der Waals surface area contributed by atoms with Gasteiger partial charge in [-0.1, -0.05) is 19.9 Å². The van der Waals surface area contributed by atoms with Crippen LogP contribution in [0.25, 0.3) is 10.9 Å². The van der Waals surface area contributed by atoms with E-state index in [0.29, 0.717) is 19.3 Å². The fourth-order valence-electron chi connectivity index (χ4n) is 4.30. The van der Waals surface area contributed by atoms with Crippen LogP contribution < -0.4 is 10.6 Å². The lowest BCUT2D eigenvalue weighted by Gasteiger charge is -2.47. The molecule has 0 radical (unpaired) electrons. The largest absolute Gasteiger partial charge is 0.385 e. The highest BCUT2D eigenvalue weighted by Gasteiger charge is 2.46. The number of piperidine rings is 2. The summed E-state index contributed by atoms with van der Waals surface area (Å²) in [4.78, 5) is 28.1. The Hall–Kier alpha value is -2.31. The monoisotopic (exact) mass is 367 g/mol. The van der Waals surface area contributed by atoms with E-state index in [-0.39, 0.29) is 23.1 Å². The molecule has 142 valence electrons. The maximum absolute atomic E-state index is 12.2. The first-order valence-electron chi connectivity index (χ1n) is 9.47. The van der Waals surface area contributed by atoms with Gasteiger partial charge >= 0.3 is 0 Å². The number of rotatable bonds is 2. The van der Waals surface area contributed by atoms with Crippen LogP contribution in [0.3, 0.4) is 0 Å². The van der Waals surface area contributed by atoms with Crippen LogP contribution in [0.2, 0.25) is 0 Å². The number of carbonyl (C=O) groups is 2. The molecule has 2 unspecified atom stereocenters. The average Bonchev–Trinajstić information content (AvgIpc) is 2.63. The number of amides is 2. The van der Waals surface area contributed by atoms with Crippen molar-refractivity contribution < 1.29 is 14.7 Å². The lowest BCUT2D eigenvalue weighted by molar-refractivity contribution is -0.134. The summed E-state index contributed by atoms with van der Waals surface area (Å²) in [6, 6.07) is 7.83. The van der Waals surface area contributed by atoms with E-state index in [9.17, 15) is 14.7 Å². The van der Waals surface area contributed by atoms with Gasteiger partial charge in [-0.2, -0.15) is 0 Å². The molecule has 6 heteroatoms. The highest BCUT2D eigenvalue weighted by atomic mass is 16.3. The summed E-state index contributed by atoms with van der Waals surface area (Å²) in [6.45, 7) is 5.66. The second-order valence-electron chi connectivity index (χ2n) is 8.35. The minimum absolute atomic E-state index is 0.220. The first-order chi connectivity index (χ1) is 12.8. The predicted molar refractivity (Wildman–Crippen MR) is 102 cm³/mol. The maximum atomic E-state index is 12.2. The maximum Gasteiger partial charge on any atom is 0.234 e. The van der Waals surface area contributed by atoms with Crippen molar-refractivity contribution >= 4 is 22.7 Å². The SMILES string of the molecule is CC1(C)CNCCC1(O)c1ccc2ncc(C3CCC(=O)NC3=O)cc2c1. The molecule has 2 amide bonds. The van der Waals surface area contributed by atoms with Gasteiger partial charge in [0, 0.05) is 30.0 Å². The number of hydrogen-bond acceptors (Lipinski definition) is 5. The molecule has 2 saturated heterocycles. The van der Waals surface area contributed by atoms with Crippen LogP contribution in [0.1, 0.15) is 50.2 Å². The standard InChI is InChI=1S/C21H25N3O3/c1-20(2)12-22-8-7-21(20,27)15-3-5-17-13(10-15)9-14(11-23-17)16-4-6-18(25)24-19(16)26/h3,5,9-11,16,22,27H,4,6-8,12H2,1-2H3,(H,24,25,26). The number of imide groups is 1. The van der Waals surface area contributed by atoms with Crippen molar-refractivity contribution in [3.8, 4) is 0 Å². The Morgan fingerprint density at radius 2 is 2.04 bits per heavy atom. The molecular weight excluding hydrogens is 342 g/mol. The van der Waals surface area contributed by atoms with Gasteiger partial charge in [-0.15, -0.1) is 0 Å². The molecule has 4 rings (SSSR count). The van der Waals surface area contributed by atoms with E-state index >= 15 is 0 Å². The van der Waals surface area contributed by atoms with E-state index in [1.165, 1.54) is 0 Å². The van der Waals surface area contributed by atoms with Crippen LogP contribution in [0.5, 0.6) is 0 Å². The van der Waals surface area contributed by atoms with Gasteiger partial charge in [-0.05, 0) is 48.7 Å². The predicted octanol–water partition coefficient (Wildman–Crippen LogP) is 1.96. The van der Waals surface area contributed by atoms with Crippen molar-refractivity contribution in [2.45, 2.75) is 44.6 Å². The van der Waals surface area contributed by atoms with Gasteiger partial charge in [0.15, 0.2) is 0 Å². The molecule has 2 aliphatic heterocycles. The second kappa shape index (κ2) is 6.39. The van der Waals surface area contributed by atoms with Crippen molar-refractivity contribution in [1.29, 1.82) is 0 Å². The molecule has 0 saturated carbocycles. The van der Waals surface area contributed by atoms with Gasteiger partial charge in [0.05, 0.1) is 17.0 Å². The number of benzene rings is 1. The molecule has 3 heterocycles. The van der Waals surface area contributed by atoms with E-state index in [1.807, 2.05) is 24.3 Å². The minimum atomic E-state index is -0.920. The van der Waals surface area contributed by atoms with E-state index in [0.717, 1.165) is 35.1 Å². The summed E-state index contributed by atoms with van der Waals surface area (Å²) in [5.41, 5.74) is 1.29. The van der Waals surface area contributed by atoms with E-state index in [2.05, 4.69) is 29.5 Å². The molecule has 2 fully saturated rings. The van der Waals surface area contributed by atoms with Crippen LogP contribution >= 0.6 is 0 Å². The lowest BCUT2D eigenvalue weighted by atomic mass is 9.67. The van der Waals surface area contributed by atoms with Crippen LogP contribution in [0.4, 0.5) is 0 Å². The van der Waals surface area contributed by atoms with Crippen molar-refractivity contribution in [3.05, 3.63) is 41.6 Å². The molecule has 0 bridgehead atoms. The van der Waals surface area contributed by atoms with Gasteiger partial charge in [-0.3, -0.25) is 19.9 Å². The Balaban J connectivity index is 1.73. The summed E-state index contributed by atoms with van der Waals surface area (Å²) >= 11 is 0. The number of nitrogens with zero attached hydrogens (tertiary/aromatic N) is 1. The van der Waals surface area contributed by atoms with Crippen LogP contribution in [-0.2, 0) is 15.2 Å². The fourth-order valence-corrected chi connectivity index (χ4v) is 4.30. The average molecular weight is 367 g/mol. The van der Waals surface area contributed by atoms with Crippen molar-refractivity contribution in [2.75, 3.05) is 13.1 Å². The van der Waals surface area contributed by atoms with Gasteiger partial charge < -0.3 is 10.4 Å². The van der Waals surface area contributed by atoms with E-state index < -0.39 is 5.60 Å². The van der Waals surface area contributed by atoms with Crippen molar-refractivity contribution in [1.82, 2.24) is 15.6 Å². The first kappa shape index (κ1) is 18.1. The summed E-state index contributed by atoms with van der Waals surface area (Å²) < 4.78 is 0. The molecular formula is C21H25N3O3. The number of pyridine rings is 1. The number of hydrogen-bond donors (Lipinski definition) is 3. The van der Waals surface area contributed by atoms with Gasteiger partial charge in [0.2, 0.25) is 11.8 Å². The normalized spacial score (nSPS) is 28.2. The summed E-state index contributed by atoms with van der Waals surface area (Å²) in [5, 5.41) is 18.1. The molecule has 0 spiro atoms. The molecule has 2 aliphatic rings. The molecule has 1 aromatic carbocycles. The third-order valence-corrected chi connectivity index (χ3v) is 6.17. The Morgan fingerprint density at radius 3 is 2.78 bits per heavy atom. The van der Waals surface area contributed by atoms with Crippen LogP contribution in [-0.4, -0.2) is 35.0 Å². The lowest BCUT2D eigenvalue weighted by Crippen LogP contribution is -2.53. The topological polar surface area (TPSA) is 91.3 Å². The second-order valence-corrected chi connectivity index (χ2v) is 8.35. The highest BCUT2D eigenvalue weighted by Crippen LogP contribution is 2.44. The first-order valence-corrected chi connectivity index (χ1v) is 9.47. The van der Waals surface area contributed by atoms with Gasteiger partial charge in [-0.25, -0.2) is 0 Å². The Morgan fingerprint density at radius 1 is 1.22 bits per heavy atom. The van der Waals surface area contributed by atoms with E-state index in [1.54, 1.807) is 6.20 Å². The Labute approximate surface area is 158 Å². The molecule has 1 aromatic heterocycles. The van der Waals surface area contributed by atoms with E-state index in [4.69, 9.17) is 0 Å². The Bertz CT molecular complexity index is 924. The summed E-state index contributed by atoms with van der Waals surface area (Å²) in [5.74, 6) is -0.842. The number of fused-ring (bicyclic) bond motifs is 1. The molecule has 2 atom stereocenters. The fraction of sp³-hybridized carbons (Fsp3) is 0.476.